The van der Waals surface area contributed by atoms with Gasteiger partial charge in [-0.05, 0) is 102 Å². The van der Waals surface area contributed by atoms with Crippen LogP contribution in [0.1, 0.15) is 88.8 Å². The Hall–Kier alpha value is -3.43. The molecule has 0 atom stereocenters. The average molecular weight is 651 g/mol. The number of nitrogens with zero attached hydrogens (tertiary/aromatic N) is 3. The molecule has 9 heteroatoms. The number of hydrogen-bond donors (Lipinski definition) is 2. The van der Waals surface area contributed by atoms with E-state index in [1.807, 2.05) is 54.0 Å². The van der Waals surface area contributed by atoms with Crippen LogP contribution in [0.25, 0.3) is 0 Å². The molecule has 0 unspecified atom stereocenters. The molecule has 2 saturated heterocycles. The number of anilines is 1. The molecule has 2 N–H and O–H groups in total. The van der Waals surface area contributed by atoms with Crippen LogP contribution in [0, 0.1) is 13.8 Å². The number of likely N-dealkylation sites (tertiary alicyclic amines) is 1. The van der Waals surface area contributed by atoms with Crippen LogP contribution in [0.2, 0.25) is 0 Å². The second-order valence-corrected chi connectivity index (χ2v) is 13.0. The van der Waals surface area contributed by atoms with Gasteiger partial charge in [0.15, 0.2) is 0 Å². The van der Waals surface area contributed by atoms with E-state index in [0.29, 0.717) is 38.2 Å². The highest BCUT2D eigenvalue weighted by Gasteiger charge is 2.31. The van der Waals surface area contributed by atoms with Crippen LogP contribution in [-0.4, -0.2) is 95.5 Å². The zero-order valence-electron chi connectivity index (χ0n) is 29.4. The van der Waals surface area contributed by atoms with Gasteiger partial charge in [0, 0.05) is 63.5 Å². The minimum atomic E-state index is -0.0497. The number of hydrogen-bond acceptors (Lipinski definition) is 6. The fraction of sp³-hybridized carbons (Fsp3) is 0.605. The smallest absolute Gasteiger partial charge is 0.322 e. The van der Waals surface area contributed by atoms with Gasteiger partial charge in [0.1, 0.15) is 11.5 Å². The van der Waals surface area contributed by atoms with Crippen molar-refractivity contribution >= 4 is 23.4 Å². The number of piperidine rings is 1. The largest absolute Gasteiger partial charge is 0.508 e. The molecular formula is C38H58N4O5. The fourth-order valence-electron chi connectivity index (χ4n) is 6.51. The molecule has 47 heavy (non-hydrogen) atoms. The predicted molar refractivity (Wildman–Crippen MR) is 189 cm³/mol. The first-order chi connectivity index (χ1) is 22.6. The molecule has 9 nitrogen and oxygen atoms in total. The van der Waals surface area contributed by atoms with Crippen LogP contribution >= 0.6 is 0 Å². The Bertz CT molecular complexity index is 1260. The lowest BCUT2D eigenvalue weighted by Crippen LogP contribution is -2.50. The van der Waals surface area contributed by atoms with Gasteiger partial charge in [-0.1, -0.05) is 49.7 Å². The molecule has 2 aromatic rings. The second-order valence-electron chi connectivity index (χ2n) is 13.0. The van der Waals surface area contributed by atoms with Gasteiger partial charge >= 0.3 is 6.03 Å². The summed E-state index contributed by atoms with van der Waals surface area (Å²) in [7, 11) is 0. The number of carbonyl (C=O) groups is 3. The number of nitrogens with one attached hydrogen (secondary N) is 1. The van der Waals surface area contributed by atoms with Crippen LogP contribution in [0.3, 0.4) is 0 Å². The van der Waals surface area contributed by atoms with Gasteiger partial charge in [-0.3, -0.25) is 4.79 Å². The van der Waals surface area contributed by atoms with Gasteiger partial charge in [-0.2, -0.15) is 0 Å². The highest BCUT2D eigenvalue weighted by Crippen LogP contribution is 2.25. The predicted octanol–water partition coefficient (Wildman–Crippen LogP) is 6.73. The van der Waals surface area contributed by atoms with Crippen molar-refractivity contribution < 1.29 is 24.2 Å². The van der Waals surface area contributed by atoms with E-state index >= 15 is 0 Å². The lowest BCUT2D eigenvalue weighted by Gasteiger charge is -2.38. The van der Waals surface area contributed by atoms with Crippen LogP contribution in [0.5, 0.6) is 5.75 Å². The number of fused-ring (bicyclic) bond motifs is 1. The number of aromatic hydroxyl groups is 1. The number of ketones is 1. The summed E-state index contributed by atoms with van der Waals surface area (Å²) in [5.41, 5.74) is 4.18. The van der Waals surface area contributed by atoms with Gasteiger partial charge in [-0.25, -0.2) is 4.79 Å². The number of phenolic OH excluding ortho intramolecular Hbond substituents is 1. The molecule has 260 valence electrons. The Balaban J connectivity index is 0.000000226. The Labute approximate surface area is 282 Å². The topological polar surface area (TPSA) is 102 Å². The molecule has 2 fully saturated rings. The summed E-state index contributed by atoms with van der Waals surface area (Å²) in [6.45, 7) is 16.4. The molecule has 3 aliphatic rings. The van der Waals surface area contributed by atoms with Gasteiger partial charge in [0.2, 0.25) is 5.91 Å². The maximum atomic E-state index is 12.6. The molecule has 0 radical (unpaired) electrons. The second kappa shape index (κ2) is 20.1. The van der Waals surface area contributed by atoms with E-state index in [4.69, 9.17) is 9.84 Å². The Kier molecular flexibility index (Phi) is 16.2. The van der Waals surface area contributed by atoms with Crippen molar-refractivity contribution in [2.24, 2.45) is 0 Å². The molecule has 3 heterocycles. The Morgan fingerprint density at radius 3 is 2.19 bits per heavy atom. The quantitative estimate of drug-likeness (QED) is 0.312. The SMILES string of the molecule is CC(=O)CCC(=O)N1CCC(N2CCc3ccccc3NC2=O)CC1.CCCN(CCC)C1CCOCC1.Cc1ccc(O)c(C)c1. The van der Waals surface area contributed by atoms with Crippen molar-refractivity contribution in [3.8, 4) is 5.75 Å². The minimum absolute atomic E-state index is 0.0429. The van der Waals surface area contributed by atoms with Gasteiger partial charge in [0.05, 0.1) is 0 Å². The number of rotatable bonds is 9. The van der Waals surface area contributed by atoms with E-state index in [9.17, 15) is 14.4 Å². The summed E-state index contributed by atoms with van der Waals surface area (Å²) in [4.78, 5) is 42.1. The number of aryl methyl sites for hydroxylation is 2. The number of benzene rings is 2. The lowest BCUT2D eigenvalue weighted by atomic mass is 10.0. The first-order valence-corrected chi connectivity index (χ1v) is 17.6. The maximum Gasteiger partial charge on any atom is 0.322 e. The monoisotopic (exact) mass is 650 g/mol. The van der Waals surface area contributed by atoms with E-state index in [-0.39, 0.29) is 23.8 Å². The van der Waals surface area contributed by atoms with Crippen molar-refractivity contribution in [3.05, 3.63) is 59.2 Å². The summed E-state index contributed by atoms with van der Waals surface area (Å²) in [6, 6.07) is 14.4. The van der Waals surface area contributed by atoms with Crippen LogP contribution < -0.4 is 5.32 Å². The molecule has 0 saturated carbocycles. The summed E-state index contributed by atoms with van der Waals surface area (Å²) in [5, 5.41) is 12.0. The van der Waals surface area contributed by atoms with Crippen LogP contribution in [0.4, 0.5) is 10.5 Å². The molecule has 0 spiro atoms. The molecule has 0 bridgehead atoms. The Morgan fingerprint density at radius 1 is 0.936 bits per heavy atom. The highest BCUT2D eigenvalue weighted by molar-refractivity contribution is 5.91. The van der Waals surface area contributed by atoms with Gasteiger partial charge in [-0.15, -0.1) is 0 Å². The molecule has 0 aromatic heterocycles. The summed E-state index contributed by atoms with van der Waals surface area (Å²) < 4.78 is 5.38. The maximum absolute atomic E-state index is 12.6. The standard InChI is InChI=1S/C19H25N3O3.C11H23NO.C8H10O/c1-14(23)6-7-18(24)21-11-9-16(10-12-21)22-13-8-15-4-2-3-5-17(15)20-19(22)25;1-3-7-12(8-4-2)11-5-9-13-10-6-11;1-6-3-4-8(9)7(2)5-6/h2-5,16H,6-13H2,1H3,(H,20,25);11H,3-10H2,1-2H3;3-5,9H,1-2H3. The number of ether oxygens (including phenoxy) is 1. The van der Waals surface area contributed by atoms with E-state index in [0.717, 1.165) is 55.3 Å². The van der Waals surface area contributed by atoms with E-state index < -0.39 is 0 Å². The normalized spacial score (nSPS) is 17.0. The molecule has 3 aliphatic heterocycles. The highest BCUT2D eigenvalue weighted by atomic mass is 16.5. The minimum Gasteiger partial charge on any atom is -0.508 e. The number of carbonyl (C=O) groups excluding carboxylic acids is 3. The molecule has 5 rings (SSSR count). The van der Waals surface area contributed by atoms with E-state index in [2.05, 4.69) is 30.1 Å². The Morgan fingerprint density at radius 2 is 1.60 bits per heavy atom. The molecule has 0 aliphatic carbocycles. The molecule has 3 amide bonds. The summed E-state index contributed by atoms with van der Waals surface area (Å²) in [6.07, 6.45) is 8.04. The third-order valence-corrected chi connectivity index (χ3v) is 9.17. The lowest BCUT2D eigenvalue weighted by molar-refractivity contribution is -0.134. The number of Topliss-reactive ketones (excluding diaryl/α,β-unsaturated/α-hetero) is 1. The van der Waals surface area contributed by atoms with Crippen LogP contribution in [-0.2, 0) is 20.7 Å². The van der Waals surface area contributed by atoms with Crippen molar-refractivity contribution in [2.45, 2.75) is 104 Å². The fourth-order valence-corrected chi connectivity index (χ4v) is 6.51. The number of urea groups is 1. The van der Waals surface area contributed by atoms with Crippen LogP contribution in [0.15, 0.2) is 42.5 Å². The number of amides is 3. The zero-order chi connectivity index (χ0) is 34.2. The van der Waals surface area contributed by atoms with Crippen molar-refractivity contribution in [3.63, 3.8) is 0 Å². The van der Waals surface area contributed by atoms with Crippen molar-refractivity contribution in [2.75, 3.05) is 51.3 Å². The third kappa shape index (κ3) is 12.6. The third-order valence-electron chi connectivity index (χ3n) is 9.17. The average Bonchev–Trinajstić information content (AvgIpc) is 3.24. The van der Waals surface area contributed by atoms with Crippen molar-refractivity contribution in [1.29, 1.82) is 0 Å². The van der Waals surface area contributed by atoms with Gasteiger partial charge in [0.25, 0.3) is 0 Å². The first kappa shape index (κ1) is 38.0. The summed E-state index contributed by atoms with van der Waals surface area (Å²) in [5.74, 6) is 0.464. The number of para-hydroxylation sites is 1. The zero-order valence-corrected chi connectivity index (χ0v) is 29.4. The number of phenols is 1. The van der Waals surface area contributed by atoms with E-state index in [1.54, 1.807) is 6.07 Å². The molecule has 2 aromatic carbocycles. The van der Waals surface area contributed by atoms with E-state index in [1.165, 1.54) is 51.3 Å². The first-order valence-electron chi connectivity index (χ1n) is 17.6. The molecular weight excluding hydrogens is 592 g/mol. The summed E-state index contributed by atoms with van der Waals surface area (Å²) >= 11 is 0. The van der Waals surface area contributed by atoms with Crippen molar-refractivity contribution in [1.82, 2.24) is 14.7 Å². The van der Waals surface area contributed by atoms with Gasteiger partial charge < -0.3 is 34.7 Å².